The minimum Gasteiger partial charge on any atom is -0.358 e. The number of aryl methyl sites for hydroxylation is 1. The normalized spacial score (nSPS) is 10.9. The van der Waals surface area contributed by atoms with Crippen molar-refractivity contribution in [2.45, 2.75) is 19.8 Å². The summed E-state index contributed by atoms with van der Waals surface area (Å²) in [6.07, 6.45) is 4.67. The van der Waals surface area contributed by atoms with Crippen LogP contribution in [0.4, 0.5) is 0 Å². The van der Waals surface area contributed by atoms with Gasteiger partial charge in [-0.1, -0.05) is 0 Å². The third-order valence-corrected chi connectivity index (χ3v) is 2.67. The Morgan fingerprint density at radius 2 is 2.38 bits per heavy atom. The van der Waals surface area contributed by atoms with Crippen LogP contribution in [0.5, 0.6) is 0 Å². The molecular weight excluding hydrogens is 202 g/mol. The Balaban J connectivity index is 2.43. The van der Waals surface area contributed by atoms with Gasteiger partial charge in [-0.3, -0.25) is 9.78 Å². The minimum absolute atomic E-state index is 0.141. The molecule has 0 fully saturated rings. The van der Waals surface area contributed by atoms with Gasteiger partial charge in [0.15, 0.2) is 5.78 Å². The molecule has 0 amide bonds. The molecule has 16 heavy (non-hydrogen) atoms. The smallest absolute Gasteiger partial charge is 0.165 e. The lowest BCUT2D eigenvalue weighted by molar-refractivity contribution is 0.0982. The Morgan fingerprint density at radius 3 is 3.12 bits per heavy atom. The van der Waals surface area contributed by atoms with Crippen molar-refractivity contribution >= 4 is 16.7 Å². The fraction of sp³-hybridized carbons (Fsp3) is 0.333. The number of fused-ring (bicyclic) bond motifs is 1. The maximum Gasteiger partial charge on any atom is 0.165 e. The average Bonchev–Trinajstić information content (AvgIpc) is 2.62. The van der Waals surface area contributed by atoms with Gasteiger partial charge in [-0.05, 0) is 26.0 Å². The fourth-order valence-electron chi connectivity index (χ4n) is 1.92. The number of nitrogens with one attached hydrogen (secondary N) is 1. The molecule has 0 aliphatic rings. The standard InChI is InChI=1S/C12H15N3O/c1-8-12(11(16)3-2-5-13)9-7-14-6-4-10(9)15-8/h4,6-7,15H,2-3,5,13H2,1H3. The molecule has 0 aromatic carbocycles. The van der Waals surface area contributed by atoms with E-state index in [9.17, 15) is 4.79 Å². The number of Topliss-reactive ketones (excluding diaryl/α,β-unsaturated/α-hetero) is 1. The summed E-state index contributed by atoms with van der Waals surface area (Å²) in [4.78, 5) is 19.2. The molecule has 0 radical (unpaired) electrons. The molecule has 84 valence electrons. The van der Waals surface area contributed by atoms with Gasteiger partial charge in [0.25, 0.3) is 0 Å². The summed E-state index contributed by atoms with van der Waals surface area (Å²) >= 11 is 0. The summed E-state index contributed by atoms with van der Waals surface area (Å²) in [6, 6.07) is 1.88. The lowest BCUT2D eigenvalue weighted by Crippen LogP contribution is -2.05. The van der Waals surface area contributed by atoms with Crippen LogP contribution < -0.4 is 5.73 Å². The van der Waals surface area contributed by atoms with Crippen LogP contribution in [0.15, 0.2) is 18.5 Å². The number of H-pyrrole nitrogens is 1. The molecule has 4 heteroatoms. The molecule has 4 nitrogen and oxygen atoms in total. The zero-order valence-electron chi connectivity index (χ0n) is 9.29. The third kappa shape index (κ3) is 1.84. The van der Waals surface area contributed by atoms with Gasteiger partial charge in [-0.25, -0.2) is 0 Å². The largest absolute Gasteiger partial charge is 0.358 e. The molecule has 0 unspecified atom stereocenters. The summed E-state index contributed by atoms with van der Waals surface area (Å²) in [5, 5.41) is 0.905. The van der Waals surface area contributed by atoms with Crippen LogP contribution in [-0.2, 0) is 0 Å². The zero-order valence-corrected chi connectivity index (χ0v) is 9.29. The monoisotopic (exact) mass is 217 g/mol. The highest BCUT2D eigenvalue weighted by atomic mass is 16.1. The molecule has 0 aliphatic heterocycles. The molecule has 2 aromatic rings. The van der Waals surface area contributed by atoms with Crippen LogP contribution in [0, 0.1) is 6.92 Å². The van der Waals surface area contributed by atoms with Gasteiger partial charge in [-0.2, -0.15) is 0 Å². The number of rotatable bonds is 4. The second-order valence-corrected chi connectivity index (χ2v) is 3.86. The molecular formula is C12H15N3O. The number of pyridine rings is 1. The number of carbonyl (C=O) groups is 1. The van der Waals surface area contributed by atoms with Crippen LogP contribution in [-0.4, -0.2) is 22.3 Å². The van der Waals surface area contributed by atoms with E-state index in [0.717, 1.165) is 28.6 Å². The Morgan fingerprint density at radius 1 is 1.56 bits per heavy atom. The molecule has 0 spiro atoms. The van der Waals surface area contributed by atoms with Gasteiger partial charge in [0.1, 0.15) is 0 Å². The third-order valence-electron chi connectivity index (χ3n) is 2.67. The number of ketones is 1. The molecule has 2 heterocycles. The Labute approximate surface area is 93.9 Å². The predicted octanol–water partition coefficient (Wildman–Crippen LogP) is 1.79. The minimum atomic E-state index is 0.141. The van der Waals surface area contributed by atoms with Gasteiger partial charge < -0.3 is 10.7 Å². The SMILES string of the molecule is Cc1[nH]c2ccncc2c1C(=O)CCCN. The summed E-state index contributed by atoms with van der Waals surface area (Å²) in [5.74, 6) is 0.141. The molecule has 3 N–H and O–H groups in total. The number of aromatic nitrogens is 2. The molecule has 0 saturated carbocycles. The van der Waals surface area contributed by atoms with E-state index in [4.69, 9.17) is 5.73 Å². The second-order valence-electron chi connectivity index (χ2n) is 3.86. The summed E-state index contributed by atoms with van der Waals surface area (Å²) in [6.45, 7) is 2.46. The Hall–Kier alpha value is -1.68. The Kier molecular flexibility index (Phi) is 3.01. The molecule has 2 aromatic heterocycles. The highest BCUT2D eigenvalue weighted by molar-refractivity contribution is 6.08. The fourth-order valence-corrected chi connectivity index (χ4v) is 1.92. The van der Waals surface area contributed by atoms with E-state index in [-0.39, 0.29) is 5.78 Å². The van der Waals surface area contributed by atoms with E-state index in [1.807, 2.05) is 13.0 Å². The first-order chi connectivity index (χ1) is 7.74. The van der Waals surface area contributed by atoms with Crippen molar-refractivity contribution in [2.75, 3.05) is 6.54 Å². The van der Waals surface area contributed by atoms with Crippen molar-refractivity contribution in [2.24, 2.45) is 5.73 Å². The van der Waals surface area contributed by atoms with Crippen molar-refractivity contribution in [3.05, 3.63) is 29.7 Å². The molecule has 0 atom stereocenters. The first kappa shape index (κ1) is 10.8. The maximum absolute atomic E-state index is 12.0. The van der Waals surface area contributed by atoms with Crippen LogP contribution in [0.25, 0.3) is 10.9 Å². The molecule has 0 bridgehead atoms. The molecule has 2 rings (SSSR count). The summed E-state index contributed by atoms with van der Waals surface area (Å²) in [7, 11) is 0. The maximum atomic E-state index is 12.0. The van der Waals surface area contributed by atoms with E-state index in [1.54, 1.807) is 12.4 Å². The van der Waals surface area contributed by atoms with E-state index in [2.05, 4.69) is 9.97 Å². The van der Waals surface area contributed by atoms with Crippen LogP contribution in [0.1, 0.15) is 28.9 Å². The molecule has 0 aliphatic carbocycles. The van der Waals surface area contributed by atoms with Crippen molar-refractivity contribution < 1.29 is 4.79 Å². The van der Waals surface area contributed by atoms with Crippen LogP contribution >= 0.6 is 0 Å². The number of carbonyl (C=O) groups excluding carboxylic acids is 1. The van der Waals surface area contributed by atoms with Gasteiger partial charge in [0.2, 0.25) is 0 Å². The predicted molar refractivity (Wildman–Crippen MR) is 63.4 cm³/mol. The highest BCUT2D eigenvalue weighted by Gasteiger charge is 2.15. The summed E-state index contributed by atoms with van der Waals surface area (Å²) < 4.78 is 0. The molecule has 0 saturated heterocycles. The second kappa shape index (κ2) is 4.45. The average molecular weight is 217 g/mol. The summed E-state index contributed by atoms with van der Waals surface area (Å²) in [5.41, 5.74) is 8.04. The number of hydrogen-bond acceptors (Lipinski definition) is 3. The van der Waals surface area contributed by atoms with Crippen molar-refractivity contribution in [3.63, 3.8) is 0 Å². The van der Waals surface area contributed by atoms with Gasteiger partial charge in [0, 0.05) is 41.0 Å². The van der Waals surface area contributed by atoms with Gasteiger partial charge in [-0.15, -0.1) is 0 Å². The van der Waals surface area contributed by atoms with Crippen LogP contribution in [0.2, 0.25) is 0 Å². The van der Waals surface area contributed by atoms with E-state index >= 15 is 0 Å². The van der Waals surface area contributed by atoms with Gasteiger partial charge >= 0.3 is 0 Å². The lowest BCUT2D eigenvalue weighted by Gasteiger charge is -1.99. The van der Waals surface area contributed by atoms with Crippen molar-refractivity contribution in [1.82, 2.24) is 9.97 Å². The lowest BCUT2D eigenvalue weighted by atomic mass is 10.0. The number of hydrogen-bond donors (Lipinski definition) is 2. The Bertz CT molecular complexity index is 516. The highest BCUT2D eigenvalue weighted by Crippen LogP contribution is 2.22. The van der Waals surface area contributed by atoms with Crippen LogP contribution in [0.3, 0.4) is 0 Å². The number of nitrogens with zero attached hydrogens (tertiary/aromatic N) is 1. The first-order valence-corrected chi connectivity index (χ1v) is 5.39. The number of aromatic amines is 1. The van der Waals surface area contributed by atoms with E-state index in [0.29, 0.717) is 13.0 Å². The van der Waals surface area contributed by atoms with E-state index in [1.165, 1.54) is 0 Å². The first-order valence-electron chi connectivity index (χ1n) is 5.39. The number of nitrogens with two attached hydrogens (primary N) is 1. The van der Waals surface area contributed by atoms with Crippen molar-refractivity contribution in [3.8, 4) is 0 Å². The van der Waals surface area contributed by atoms with E-state index < -0.39 is 0 Å². The zero-order chi connectivity index (χ0) is 11.5. The quantitative estimate of drug-likeness (QED) is 0.767. The van der Waals surface area contributed by atoms with Crippen molar-refractivity contribution in [1.29, 1.82) is 0 Å². The van der Waals surface area contributed by atoms with Gasteiger partial charge in [0.05, 0.1) is 0 Å². The topological polar surface area (TPSA) is 71.8 Å².